The Morgan fingerprint density at radius 1 is 0.914 bits per heavy atom. The van der Waals surface area contributed by atoms with Crippen LogP contribution >= 0.6 is 23.2 Å². The van der Waals surface area contributed by atoms with Gasteiger partial charge < -0.3 is 0 Å². The number of benzene rings is 3. The van der Waals surface area contributed by atoms with Gasteiger partial charge >= 0.3 is 0 Å². The van der Waals surface area contributed by atoms with E-state index >= 15 is 0 Å². The van der Waals surface area contributed by atoms with Crippen molar-refractivity contribution in [3.63, 3.8) is 0 Å². The van der Waals surface area contributed by atoms with Gasteiger partial charge in [-0.15, -0.1) is 0 Å². The van der Waals surface area contributed by atoms with Gasteiger partial charge in [-0.2, -0.15) is 0 Å². The lowest BCUT2D eigenvalue weighted by atomic mass is 10.1. The van der Waals surface area contributed by atoms with Crippen LogP contribution in [0.2, 0.25) is 10.0 Å². The van der Waals surface area contributed by atoms with Crippen molar-refractivity contribution in [3.05, 3.63) is 82.8 Å². The molecule has 35 heavy (non-hydrogen) atoms. The van der Waals surface area contributed by atoms with Gasteiger partial charge in [-0.25, -0.2) is 21.8 Å². The molecule has 0 saturated carbocycles. The van der Waals surface area contributed by atoms with Gasteiger partial charge in [-0.1, -0.05) is 47.5 Å². The number of fused-ring (bicyclic) bond motifs is 1. The second-order valence-corrected chi connectivity index (χ2v) is 12.5. The highest BCUT2D eigenvalue weighted by Gasteiger charge is 2.29. The maximum absolute atomic E-state index is 13.1. The van der Waals surface area contributed by atoms with Crippen molar-refractivity contribution in [1.29, 1.82) is 0 Å². The van der Waals surface area contributed by atoms with Crippen LogP contribution in [-0.4, -0.2) is 34.1 Å². The predicted molar refractivity (Wildman–Crippen MR) is 140 cm³/mol. The van der Waals surface area contributed by atoms with Crippen molar-refractivity contribution >= 4 is 65.5 Å². The van der Waals surface area contributed by atoms with Crippen LogP contribution < -0.4 is 9.03 Å². The van der Waals surface area contributed by atoms with Crippen molar-refractivity contribution in [2.75, 3.05) is 21.3 Å². The Labute approximate surface area is 213 Å². The van der Waals surface area contributed by atoms with E-state index in [9.17, 15) is 16.8 Å². The molecule has 180 valence electrons. The van der Waals surface area contributed by atoms with Gasteiger partial charge in [0.15, 0.2) is 0 Å². The Balaban J connectivity index is 1.46. The summed E-state index contributed by atoms with van der Waals surface area (Å²) in [4.78, 5) is 4.47. The second-order valence-electron chi connectivity index (χ2n) is 8.05. The molecule has 0 bridgehead atoms. The van der Waals surface area contributed by atoms with Gasteiger partial charge in [0.25, 0.3) is 10.0 Å². The third-order valence-electron chi connectivity index (χ3n) is 5.69. The lowest BCUT2D eigenvalue weighted by Gasteiger charge is -2.18. The quantitative estimate of drug-likeness (QED) is 0.353. The number of rotatable bonds is 5. The molecule has 0 unspecified atom stereocenters. The van der Waals surface area contributed by atoms with Crippen LogP contribution in [0, 0.1) is 0 Å². The largest absolute Gasteiger partial charge is 0.280 e. The molecule has 5 rings (SSSR count). The molecular weight excluding hydrogens is 529 g/mol. The third kappa shape index (κ3) is 4.69. The molecule has 2 heterocycles. The fourth-order valence-corrected chi connectivity index (χ4v) is 7.36. The average Bonchev–Trinajstić information content (AvgIpc) is 3.18. The fourth-order valence-electron chi connectivity index (χ4n) is 4.00. The molecule has 0 aliphatic carbocycles. The van der Waals surface area contributed by atoms with E-state index in [2.05, 4.69) is 9.71 Å². The predicted octanol–water partition coefficient (Wildman–Crippen LogP) is 5.55. The normalized spacial score (nSPS) is 15.4. The molecule has 1 saturated heterocycles. The average molecular weight is 548 g/mol. The van der Waals surface area contributed by atoms with Crippen LogP contribution in [0.5, 0.6) is 0 Å². The van der Waals surface area contributed by atoms with Gasteiger partial charge in [0.05, 0.1) is 32.7 Å². The Morgan fingerprint density at radius 2 is 1.71 bits per heavy atom. The number of sulfonamides is 2. The van der Waals surface area contributed by atoms with Gasteiger partial charge in [0.1, 0.15) is 4.90 Å². The minimum Gasteiger partial charge on any atom is -0.280 e. The van der Waals surface area contributed by atoms with Gasteiger partial charge in [0, 0.05) is 23.2 Å². The van der Waals surface area contributed by atoms with E-state index < -0.39 is 20.0 Å². The molecule has 11 heteroatoms. The standard InChI is InChI=1S/C24H19Cl2N3O4S2/c25-20-9-7-17(14-19(20)23-10-6-16-4-1-2-5-22(16)27-23)28-35(32,33)24-11-8-18(15-21(24)26)29-12-3-13-34(29,30)31/h1-2,4-11,14-15,28H,3,12-13H2. The number of nitrogens with zero attached hydrogens (tertiary/aromatic N) is 2. The lowest BCUT2D eigenvalue weighted by Crippen LogP contribution is -2.25. The molecule has 1 aromatic heterocycles. The summed E-state index contributed by atoms with van der Waals surface area (Å²) in [6, 6.07) is 20.2. The van der Waals surface area contributed by atoms with Crippen LogP contribution in [0.1, 0.15) is 6.42 Å². The van der Waals surface area contributed by atoms with E-state index in [1.165, 1.54) is 22.5 Å². The first kappa shape index (κ1) is 23.9. The highest BCUT2D eigenvalue weighted by molar-refractivity contribution is 7.93. The summed E-state index contributed by atoms with van der Waals surface area (Å²) in [5.41, 5.74) is 2.57. The van der Waals surface area contributed by atoms with Crippen LogP contribution in [0.15, 0.2) is 77.7 Å². The van der Waals surface area contributed by atoms with E-state index in [0.717, 1.165) is 10.9 Å². The van der Waals surface area contributed by atoms with E-state index in [4.69, 9.17) is 23.2 Å². The Hall–Kier alpha value is -2.85. The zero-order valence-electron chi connectivity index (χ0n) is 18.1. The summed E-state index contributed by atoms with van der Waals surface area (Å²) in [5, 5.41) is 1.32. The van der Waals surface area contributed by atoms with Crippen LogP contribution in [0.25, 0.3) is 22.2 Å². The molecule has 0 atom stereocenters. The second kappa shape index (κ2) is 8.98. The van der Waals surface area contributed by atoms with Crippen molar-refractivity contribution in [2.24, 2.45) is 0 Å². The molecular formula is C24H19Cl2N3O4S2. The topological polar surface area (TPSA) is 96.4 Å². The molecule has 1 aliphatic rings. The van der Waals surface area contributed by atoms with Crippen molar-refractivity contribution in [1.82, 2.24) is 4.98 Å². The smallest absolute Gasteiger partial charge is 0.263 e. The third-order valence-corrected chi connectivity index (χ3v) is 9.75. The fraction of sp³-hybridized carbons (Fsp3) is 0.125. The summed E-state index contributed by atoms with van der Waals surface area (Å²) < 4.78 is 54.4. The summed E-state index contributed by atoms with van der Waals surface area (Å²) in [6.45, 7) is 0.333. The molecule has 0 radical (unpaired) electrons. The lowest BCUT2D eigenvalue weighted by molar-refractivity contribution is 0.599. The van der Waals surface area contributed by atoms with Crippen LogP contribution in [0.3, 0.4) is 0 Å². The first-order chi connectivity index (χ1) is 16.6. The number of para-hydroxylation sites is 1. The summed E-state index contributed by atoms with van der Waals surface area (Å²) in [6.07, 6.45) is 0.506. The van der Waals surface area contributed by atoms with Crippen LogP contribution in [-0.2, 0) is 20.0 Å². The monoisotopic (exact) mass is 547 g/mol. The summed E-state index contributed by atoms with van der Waals surface area (Å²) in [7, 11) is -7.48. The van der Waals surface area contributed by atoms with E-state index in [0.29, 0.717) is 34.9 Å². The molecule has 1 aliphatic heterocycles. The van der Waals surface area contributed by atoms with Crippen molar-refractivity contribution in [3.8, 4) is 11.3 Å². The first-order valence-electron chi connectivity index (χ1n) is 10.6. The van der Waals surface area contributed by atoms with E-state index in [1.807, 2.05) is 36.4 Å². The SMILES string of the molecule is O=S(=O)(Nc1ccc(Cl)c(-c2ccc3ccccc3n2)c1)c1ccc(N2CCCS2(=O)=O)cc1Cl. The molecule has 1 fully saturated rings. The molecule has 3 aromatic carbocycles. The highest BCUT2D eigenvalue weighted by atomic mass is 35.5. The minimum absolute atomic E-state index is 0.0528. The Bertz CT molecular complexity index is 1680. The number of nitrogens with one attached hydrogen (secondary N) is 1. The zero-order valence-corrected chi connectivity index (χ0v) is 21.3. The number of hydrogen-bond donors (Lipinski definition) is 1. The number of pyridine rings is 1. The molecule has 1 N–H and O–H groups in total. The van der Waals surface area contributed by atoms with Crippen molar-refractivity contribution in [2.45, 2.75) is 11.3 Å². The maximum atomic E-state index is 13.1. The van der Waals surface area contributed by atoms with Gasteiger partial charge in [0.2, 0.25) is 10.0 Å². The molecule has 7 nitrogen and oxygen atoms in total. The number of anilines is 2. The summed E-state index contributed by atoms with van der Waals surface area (Å²) in [5.74, 6) is 0.0528. The van der Waals surface area contributed by atoms with Gasteiger partial charge in [-0.05, 0) is 55.0 Å². The Morgan fingerprint density at radius 3 is 2.46 bits per heavy atom. The maximum Gasteiger partial charge on any atom is 0.263 e. The number of halogens is 2. The zero-order chi connectivity index (χ0) is 24.8. The minimum atomic E-state index is -4.07. The number of aromatic nitrogens is 1. The Kier molecular flexibility index (Phi) is 6.13. The summed E-state index contributed by atoms with van der Waals surface area (Å²) >= 11 is 12.7. The van der Waals surface area contributed by atoms with Crippen LogP contribution in [0.4, 0.5) is 11.4 Å². The highest BCUT2D eigenvalue weighted by Crippen LogP contribution is 2.34. The first-order valence-corrected chi connectivity index (χ1v) is 14.5. The van der Waals surface area contributed by atoms with E-state index in [-0.39, 0.29) is 21.4 Å². The molecule has 0 amide bonds. The molecule has 0 spiro atoms. The number of hydrogen-bond acceptors (Lipinski definition) is 5. The van der Waals surface area contributed by atoms with Gasteiger partial charge in [-0.3, -0.25) is 9.03 Å². The van der Waals surface area contributed by atoms with Crippen molar-refractivity contribution < 1.29 is 16.8 Å². The van der Waals surface area contributed by atoms with E-state index in [1.54, 1.807) is 18.2 Å². The molecule has 4 aromatic rings.